The lowest BCUT2D eigenvalue weighted by molar-refractivity contribution is -0.134. The first-order valence-corrected chi connectivity index (χ1v) is 11.1. The van der Waals surface area contributed by atoms with E-state index in [1.807, 2.05) is 38.1 Å². The molecule has 0 heterocycles. The number of ether oxygens (including phenoxy) is 1. The molecule has 0 aromatic heterocycles. The van der Waals surface area contributed by atoms with Crippen molar-refractivity contribution >= 4 is 35.0 Å². The van der Waals surface area contributed by atoms with Crippen LogP contribution in [0.3, 0.4) is 0 Å². The molecule has 3 N–H and O–H groups in total. The normalized spacial score (nSPS) is 14.8. The zero-order chi connectivity index (χ0) is 22.7. The summed E-state index contributed by atoms with van der Waals surface area (Å²) in [7, 11) is 1.37. The second kappa shape index (κ2) is 13.2. The highest BCUT2D eigenvalue weighted by Crippen LogP contribution is 2.38. The van der Waals surface area contributed by atoms with Gasteiger partial charge < -0.3 is 15.8 Å². The Balaban J connectivity index is 2.76. The van der Waals surface area contributed by atoms with E-state index >= 15 is 0 Å². The Morgan fingerprint density at radius 3 is 2.67 bits per heavy atom. The SMILES string of the molecule is C=C(Nc1cccc(CC/C=C/C(=O)OC)c1)S/C(=C(\C)N)C(C)C(C)/C(Cl)=C\C. The van der Waals surface area contributed by atoms with Crippen molar-refractivity contribution in [3.05, 3.63) is 75.3 Å². The summed E-state index contributed by atoms with van der Waals surface area (Å²) in [5, 5.41) is 4.99. The Bertz CT molecular complexity index is 826. The lowest BCUT2D eigenvalue weighted by atomic mass is 9.94. The molecule has 6 heteroatoms. The summed E-state index contributed by atoms with van der Waals surface area (Å²) < 4.78 is 4.59. The fourth-order valence-electron chi connectivity index (χ4n) is 2.88. The Kier molecular flexibility index (Phi) is 11.4. The lowest BCUT2D eigenvalue weighted by Gasteiger charge is -2.24. The van der Waals surface area contributed by atoms with Gasteiger partial charge in [0.05, 0.1) is 12.1 Å². The zero-order valence-electron chi connectivity index (χ0n) is 18.5. The molecular formula is C24H33ClN2O2S. The van der Waals surface area contributed by atoms with Crippen LogP contribution in [0.2, 0.25) is 0 Å². The van der Waals surface area contributed by atoms with Crippen LogP contribution in [-0.2, 0) is 16.0 Å². The molecule has 2 unspecified atom stereocenters. The van der Waals surface area contributed by atoms with E-state index < -0.39 is 0 Å². The average Bonchev–Trinajstić information content (AvgIpc) is 2.73. The average molecular weight is 449 g/mol. The molecule has 1 rings (SSSR count). The monoisotopic (exact) mass is 448 g/mol. The molecular weight excluding hydrogens is 416 g/mol. The van der Waals surface area contributed by atoms with Crippen molar-refractivity contribution in [2.45, 2.75) is 40.5 Å². The molecule has 0 radical (unpaired) electrons. The molecule has 0 bridgehead atoms. The minimum absolute atomic E-state index is 0.173. The first kappa shape index (κ1) is 25.9. The summed E-state index contributed by atoms with van der Waals surface area (Å²) in [4.78, 5) is 12.2. The molecule has 0 fully saturated rings. The van der Waals surface area contributed by atoms with Crippen LogP contribution in [0.15, 0.2) is 69.7 Å². The van der Waals surface area contributed by atoms with Gasteiger partial charge in [0.1, 0.15) is 0 Å². The molecule has 0 aliphatic rings. The number of methoxy groups -OCH3 is 1. The van der Waals surface area contributed by atoms with E-state index in [1.165, 1.54) is 18.7 Å². The number of hydrogen-bond acceptors (Lipinski definition) is 5. The van der Waals surface area contributed by atoms with Crippen LogP contribution in [0.1, 0.15) is 39.7 Å². The number of allylic oxidation sites excluding steroid dienone is 5. The van der Waals surface area contributed by atoms with Gasteiger partial charge in [0.15, 0.2) is 0 Å². The van der Waals surface area contributed by atoms with Crippen LogP contribution in [0, 0.1) is 11.8 Å². The highest BCUT2D eigenvalue weighted by molar-refractivity contribution is 8.06. The van der Waals surface area contributed by atoms with Crippen LogP contribution >= 0.6 is 23.4 Å². The number of benzene rings is 1. The predicted octanol–water partition coefficient (Wildman–Crippen LogP) is 6.57. The van der Waals surface area contributed by atoms with E-state index in [0.29, 0.717) is 0 Å². The van der Waals surface area contributed by atoms with Gasteiger partial charge in [-0.25, -0.2) is 4.79 Å². The number of rotatable bonds is 11. The summed E-state index contributed by atoms with van der Waals surface area (Å²) >= 11 is 7.89. The Hall–Kier alpha value is -2.11. The molecule has 0 saturated heterocycles. The summed E-state index contributed by atoms with van der Waals surface area (Å²) in [6.45, 7) is 12.2. The lowest BCUT2D eigenvalue weighted by Crippen LogP contribution is -2.14. The molecule has 4 nitrogen and oxygen atoms in total. The number of nitrogens with two attached hydrogens (primary N) is 1. The van der Waals surface area contributed by atoms with Crippen LogP contribution in [0.4, 0.5) is 5.69 Å². The van der Waals surface area contributed by atoms with Crippen molar-refractivity contribution in [1.82, 2.24) is 0 Å². The van der Waals surface area contributed by atoms with Gasteiger partial charge in [-0.2, -0.15) is 0 Å². The van der Waals surface area contributed by atoms with Crippen LogP contribution in [-0.4, -0.2) is 13.1 Å². The number of aryl methyl sites for hydroxylation is 1. The molecule has 1 aromatic rings. The number of thioether (sulfide) groups is 1. The van der Waals surface area contributed by atoms with Gasteiger partial charge in [-0.15, -0.1) is 0 Å². The summed E-state index contributed by atoms with van der Waals surface area (Å²) in [6, 6.07) is 8.15. The minimum Gasteiger partial charge on any atom is -0.466 e. The largest absolute Gasteiger partial charge is 0.466 e. The van der Waals surface area contributed by atoms with Crippen LogP contribution in [0.5, 0.6) is 0 Å². The fraction of sp³-hybridized carbons (Fsp3) is 0.375. The van der Waals surface area contributed by atoms with Crippen molar-refractivity contribution < 1.29 is 9.53 Å². The number of halogens is 1. The quantitative estimate of drug-likeness (QED) is 0.296. The third-order valence-electron chi connectivity index (χ3n) is 4.76. The third-order valence-corrected chi connectivity index (χ3v) is 6.59. The topological polar surface area (TPSA) is 64.3 Å². The maximum absolute atomic E-state index is 11.1. The standard InChI is InChI=1S/C24H33ClN2O2S/c1-7-22(25)16(2)17(3)24(18(4)26)30-19(5)27-21-13-10-12-20(15-21)11-8-9-14-23(28)29-6/h7,9-10,12-17,27H,5,8,11,26H2,1-4,6H3/b14-9+,22-7+,24-18+. The van der Waals surface area contributed by atoms with E-state index in [2.05, 4.69) is 42.6 Å². The number of hydrogen-bond donors (Lipinski definition) is 2. The zero-order valence-corrected chi connectivity index (χ0v) is 20.1. The van der Waals surface area contributed by atoms with Gasteiger partial charge in [0.2, 0.25) is 0 Å². The van der Waals surface area contributed by atoms with Crippen molar-refractivity contribution in [2.75, 3.05) is 12.4 Å². The summed E-state index contributed by atoms with van der Waals surface area (Å²) in [5.41, 5.74) is 9.07. The van der Waals surface area contributed by atoms with Gasteiger partial charge in [0.25, 0.3) is 0 Å². The molecule has 0 aliphatic heterocycles. The van der Waals surface area contributed by atoms with Gasteiger partial charge in [-0.3, -0.25) is 0 Å². The van der Waals surface area contributed by atoms with Gasteiger partial charge in [-0.1, -0.05) is 68.1 Å². The first-order chi connectivity index (χ1) is 14.2. The molecule has 0 spiro atoms. The molecule has 0 aliphatic carbocycles. The van der Waals surface area contributed by atoms with Gasteiger partial charge >= 0.3 is 5.97 Å². The predicted molar refractivity (Wildman–Crippen MR) is 131 cm³/mol. The van der Waals surface area contributed by atoms with Crippen LogP contribution in [0.25, 0.3) is 0 Å². The van der Waals surface area contributed by atoms with Gasteiger partial charge in [0, 0.05) is 27.4 Å². The van der Waals surface area contributed by atoms with E-state index in [-0.39, 0.29) is 17.8 Å². The second-order valence-electron chi connectivity index (χ2n) is 7.11. The van der Waals surface area contributed by atoms with E-state index in [0.717, 1.165) is 39.2 Å². The van der Waals surface area contributed by atoms with Crippen molar-refractivity contribution in [2.24, 2.45) is 17.6 Å². The summed E-state index contributed by atoms with van der Waals surface area (Å²) in [5.74, 6) is 0.0130. The Morgan fingerprint density at radius 1 is 1.37 bits per heavy atom. The molecule has 1 aromatic carbocycles. The Morgan fingerprint density at radius 2 is 2.07 bits per heavy atom. The van der Waals surface area contributed by atoms with E-state index in [9.17, 15) is 4.79 Å². The smallest absolute Gasteiger partial charge is 0.330 e. The Labute approximate surface area is 190 Å². The van der Waals surface area contributed by atoms with E-state index in [1.54, 1.807) is 11.8 Å². The minimum atomic E-state index is -0.336. The van der Waals surface area contributed by atoms with Crippen LogP contribution < -0.4 is 11.1 Å². The summed E-state index contributed by atoms with van der Waals surface area (Å²) in [6.07, 6.45) is 6.78. The number of carbonyl (C=O) groups is 1. The second-order valence-corrected chi connectivity index (χ2v) is 8.69. The van der Waals surface area contributed by atoms with Crippen molar-refractivity contribution in [3.63, 3.8) is 0 Å². The molecule has 0 amide bonds. The highest BCUT2D eigenvalue weighted by atomic mass is 35.5. The molecule has 30 heavy (non-hydrogen) atoms. The van der Waals surface area contributed by atoms with Crippen molar-refractivity contribution in [3.8, 4) is 0 Å². The number of anilines is 1. The molecule has 0 saturated carbocycles. The number of esters is 1. The third kappa shape index (κ3) is 8.72. The first-order valence-electron chi connectivity index (χ1n) is 9.94. The van der Waals surface area contributed by atoms with Gasteiger partial charge in [-0.05, 0) is 56.2 Å². The number of carbonyl (C=O) groups excluding carboxylic acids is 1. The maximum atomic E-state index is 11.1. The van der Waals surface area contributed by atoms with E-state index in [4.69, 9.17) is 17.3 Å². The number of nitrogens with one attached hydrogen (secondary N) is 1. The van der Waals surface area contributed by atoms with Crippen molar-refractivity contribution in [1.29, 1.82) is 0 Å². The fourth-order valence-corrected chi connectivity index (χ4v) is 4.06. The maximum Gasteiger partial charge on any atom is 0.330 e. The molecule has 2 atom stereocenters. The highest BCUT2D eigenvalue weighted by Gasteiger charge is 2.22. The molecule has 164 valence electrons.